The van der Waals surface area contributed by atoms with Gasteiger partial charge in [-0.2, -0.15) is 4.98 Å². The molecule has 0 saturated carbocycles. The van der Waals surface area contributed by atoms with Crippen molar-refractivity contribution in [2.75, 3.05) is 6.54 Å². The Hall–Kier alpha value is -1.70. The van der Waals surface area contributed by atoms with E-state index in [1.54, 1.807) is 12.4 Å². The highest BCUT2D eigenvalue weighted by Crippen LogP contribution is 2.21. The molecular weight excluding hydrogens is 377 g/mol. The number of piperidine rings is 1. The average Bonchev–Trinajstić information content (AvgIpc) is 3.09. The van der Waals surface area contributed by atoms with Crippen molar-refractivity contribution in [3.8, 4) is 11.4 Å². The van der Waals surface area contributed by atoms with E-state index in [4.69, 9.17) is 10.3 Å². The summed E-state index contributed by atoms with van der Waals surface area (Å²) in [5.74, 6) is 1.11. The number of nitrogens with two attached hydrogens (primary N) is 1. The van der Waals surface area contributed by atoms with Gasteiger partial charge in [0.25, 0.3) is 0 Å². The van der Waals surface area contributed by atoms with Gasteiger partial charge in [-0.15, -0.1) is 24.8 Å². The van der Waals surface area contributed by atoms with Crippen molar-refractivity contribution in [2.45, 2.75) is 51.1 Å². The van der Waals surface area contributed by atoms with Gasteiger partial charge in [-0.25, -0.2) is 0 Å². The normalized spacial score (nSPS) is 17.8. The summed E-state index contributed by atoms with van der Waals surface area (Å²) in [6, 6.07) is 3.78. The number of aryl methyl sites for hydroxylation is 1. The number of carbonyl (C=O) groups excluding carboxylic acids is 1. The van der Waals surface area contributed by atoms with Crippen molar-refractivity contribution in [3.05, 3.63) is 30.4 Å². The first-order valence-electron chi connectivity index (χ1n) is 8.43. The zero-order valence-corrected chi connectivity index (χ0v) is 16.3. The summed E-state index contributed by atoms with van der Waals surface area (Å²) in [7, 11) is 0. The highest BCUT2D eigenvalue weighted by Gasteiger charge is 2.29. The SMILES string of the molecule is CC(N)C1CCCCN1C(=O)CCc1nc(-c2ccncc2)no1.Cl.Cl. The molecule has 0 aliphatic carbocycles. The minimum absolute atomic E-state index is 0. The first-order chi connectivity index (χ1) is 11.6. The number of amides is 1. The number of aromatic nitrogens is 3. The molecule has 0 bridgehead atoms. The smallest absolute Gasteiger partial charge is 0.227 e. The maximum Gasteiger partial charge on any atom is 0.227 e. The molecule has 3 rings (SSSR count). The fourth-order valence-electron chi connectivity index (χ4n) is 3.15. The fraction of sp³-hybridized carbons (Fsp3) is 0.529. The van der Waals surface area contributed by atoms with Crippen molar-refractivity contribution in [1.29, 1.82) is 0 Å². The summed E-state index contributed by atoms with van der Waals surface area (Å²) >= 11 is 0. The van der Waals surface area contributed by atoms with Crippen LogP contribution >= 0.6 is 24.8 Å². The molecule has 0 aromatic carbocycles. The second-order valence-corrected chi connectivity index (χ2v) is 6.26. The Morgan fingerprint density at radius 2 is 2.08 bits per heavy atom. The third-order valence-corrected chi connectivity index (χ3v) is 4.44. The minimum atomic E-state index is -0.00375. The van der Waals surface area contributed by atoms with Crippen LogP contribution in [0, 0.1) is 0 Å². The number of pyridine rings is 1. The van der Waals surface area contributed by atoms with E-state index in [0.717, 1.165) is 31.4 Å². The van der Waals surface area contributed by atoms with E-state index in [9.17, 15) is 4.79 Å². The van der Waals surface area contributed by atoms with Crippen LogP contribution in [-0.2, 0) is 11.2 Å². The van der Waals surface area contributed by atoms with E-state index < -0.39 is 0 Å². The molecule has 1 fully saturated rings. The van der Waals surface area contributed by atoms with E-state index in [1.807, 2.05) is 24.0 Å². The van der Waals surface area contributed by atoms with E-state index in [1.165, 1.54) is 0 Å². The number of hydrogen-bond donors (Lipinski definition) is 1. The quantitative estimate of drug-likeness (QED) is 0.826. The average molecular weight is 402 g/mol. The highest BCUT2D eigenvalue weighted by molar-refractivity contribution is 5.85. The van der Waals surface area contributed by atoms with E-state index in [0.29, 0.717) is 24.6 Å². The van der Waals surface area contributed by atoms with Crippen LogP contribution in [0.1, 0.15) is 38.5 Å². The third kappa shape index (κ3) is 5.40. The Morgan fingerprint density at radius 3 is 2.77 bits per heavy atom. The summed E-state index contributed by atoms with van der Waals surface area (Å²) in [4.78, 5) is 22.8. The minimum Gasteiger partial charge on any atom is -0.339 e. The number of nitrogens with zero attached hydrogens (tertiary/aromatic N) is 4. The fourth-order valence-corrected chi connectivity index (χ4v) is 3.15. The first kappa shape index (κ1) is 22.3. The van der Waals surface area contributed by atoms with Gasteiger partial charge < -0.3 is 15.2 Å². The number of rotatable bonds is 5. The first-order valence-corrected chi connectivity index (χ1v) is 8.43. The van der Waals surface area contributed by atoms with Gasteiger partial charge in [-0.05, 0) is 38.3 Å². The number of carbonyl (C=O) groups is 1. The molecule has 2 atom stereocenters. The van der Waals surface area contributed by atoms with Crippen molar-refractivity contribution in [2.24, 2.45) is 5.73 Å². The summed E-state index contributed by atoms with van der Waals surface area (Å²) in [5, 5.41) is 3.96. The lowest BCUT2D eigenvalue weighted by Gasteiger charge is -2.38. The Morgan fingerprint density at radius 1 is 1.35 bits per heavy atom. The number of likely N-dealkylation sites (tertiary alicyclic amines) is 1. The van der Waals surface area contributed by atoms with E-state index in [-0.39, 0.29) is 42.8 Å². The van der Waals surface area contributed by atoms with Crippen LogP contribution in [0.2, 0.25) is 0 Å². The molecule has 1 amide bonds. The summed E-state index contributed by atoms with van der Waals surface area (Å²) in [6.45, 7) is 2.76. The Kier molecular flexibility index (Phi) is 8.98. The van der Waals surface area contributed by atoms with Gasteiger partial charge in [0.1, 0.15) is 0 Å². The predicted octanol–water partition coefficient (Wildman–Crippen LogP) is 2.64. The Bertz CT molecular complexity index is 681. The lowest BCUT2D eigenvalue weighted by Crippen LogP contribution is -2.51. The van der Waals surface area contributed by atoms with Gasteiger partial charge in [-0.3, -0.25) is 9.78 Å². The third-order valence-electron chi connectivity index (χ3n) is 4.44. The van der Waals surface area contributed by atoms with Crippen LogP contribution in [0.3, 0.4) is 0 Å². The molecule has 0 radical (unpaired) electrons. The summed E-state index contributed by atoms with van der Waals surface area (Å²) in [5.41, 5.74) is 6.88. The molecule has 2 N–H and O–H groups in total. The molecule has 9 heteroatoms. The monoisotopic (exact) mass is 401 g/mol. The molecule has 1 saturated heterocycles. The molecule has 0 spiro atoms. The molecule has 3 heterocycles. The van der Waals surface area contributed by atoms with Crippen LogP contribution in [0.4, 0.5) is 0 Å². The van der Waals surface area contributed by atoms with Crippen molar-refractivity contribution < 1.29 is 9.32 Å². The van der Waals surface area contributed by atoms with E-state index in [2.05, 4.69) is 15.1 Å². The maximum atomic E-state index is 12.5. The molecule has 7 nitrogen and oxygen atoms in total. The molecule has 1 aliphatic heterocycles. The maximum absolute atomic E-state index is 12.5. The lowest BCUT2D eigenvalue weighted by molar-refractivity contribution is -0.135. The molecular formula is C17H25Cl2N5O2. The van der Waals surface area contributed by atoms with Crippen molar-refractivity contribution >= 4 is 30.7 Å². The number of halogens is 2. The van der Waals surface area contributed by atoms with Gasteiger partial charge in [0.05, 0.1) is 0 Å². The summed E-state index contributed by atoms with van der Waals surface area (Å²) in [6.07, 6.45) is 7.33. The van der Waals surface area contributed by atoms with Gasteiger partial charge in [0, 0.05) is 49.4 Å². The molecule has 1 aliphatic rings. The van der Waals surface area contributed by atoms with Crippen LogP contribution in [0.5, 0.6) is 0 Å². The van der Waals surface area contributed by atoms with E-state index >= 15 is 0 Å². The standard InChI is InChI=1S/C17H23N5O2.2ClH/c1-12(18)14-4-2-3-11-22(14)16(23)6-5-15-20-17(21-24-15)13-7-9-19-10-8-13;;/h7-10,12,14H,2-6,11,18H2,1H3;2*1H. The van der Waals surface area contributed by atoms with Crippen LogP contribution < -0.4 is 5.73 Å². The summed E-state index contributed by atoms with van der Waals surface area (Å²) < 4.78 is 5.25. The topological polar surface area (TPSA) is 98.1 Å². The van der Waals surface area contributed by atoms with Gasteiger partial charge in [-0.1, -0.05) is 5.16 Å². The van der Waals surface area contributed by atoms with Gasteiger partial charge >= 0.3 is 0 Å². The zero-order chi connectivity index (χ0) is 16.9. The second-order valence-electron chi connectivity index (χ2n) is 6.26. The highest BCUT2D eigenvalue weighted by atomic mass is 35.5. The molecule has 26 heavy (non-hydrogen) atoms. The largest absolute Gasteiger partial charge is 0.339 e. The Labute approximate surface area is 165 Å². The van der Waals surface area contributed by atoms with Crippen molar-refractivity contribution in [1.82, 2.24) is 20.0 Å². The van der Waals surface area contributed by atoms with Crippen molar-refractivity contribution in [3.63, 3.8) is 0 Å². The molecule has 2 aromatic heterocycles. The van der Waals surface area contributed by atoms with Crippen LogP contribution in [-0.4, -0.2) is 44.6 Å². The zero-order valence-electron chi connectivity index (χ0n) is 14.7. The van der Waals surface area contributed by atoms with Gasteiger partial charge in [0.2, 0.25) is 17.6 Å². The molecule has 2 unspecified atom stereocenters. The van der Waals surface area contributed by atoms with Crippen LogP contribution in [0.15, 0.2) is 29.0 Å². The van der Waals surface area contributed by atoms with Gasteiger partial charge in [0.15, 0.2) is 0 Å². The Balaban J connectivity index is 0.00000169. The lowest BCUT2D eigenvalue weighted by atomic mass is 9.96. The molecule has 144 valence electrons. The predicted molar refractivity (Wildman–Crippen MR) is 103 cm³/mol. The van der Waals surface area contributed by atoms with Crippen LogP contribution in [0.25, 0.3) is 11.4 Å². The second kappa shape index (κ2) is 10.4. The molecule has 2 aromatic rings. The number of hydrogen-bond acceptors (Lipinski definition) is 6.